The molecule has 130 valence electrons. The van der Waals surface area contributed by atoms with Gasteiger partial charge in [-0.25, -0.2) is 0 Å². The summed E-state index contributed by atoms with van der Waals surface area (Å²) in [6.07, 6.45) is 0.601. The molecule has 2 atom stereocenters. The van der Waals surface area contributed by atoms with Crippen LogP contribution < -0.4 is 5.32 Å². The van der Waals surface area contributed by atoms with Crippen molar-refractivity contribution in [3.63, 3.8) is 0 Å². The van der Waals surface area contributed by atoms with Gasteiger partial charge in [-0.15, -0.1) is 0 Å². The first-order valence-electron chi connectivity index (χ1n) is 8.31. The fourth-order valence-corrected chi connectivity index (χ4v) is 3.06. The molecule has 0 radical (unpaired) electrons. The van der Waals surface area contributed by atoms with Crippen molar-refractivity contribution in [3.05, 3.63) is 64.7 Å². The number of anilines is 1. The smallest absolute Gasteiger partial charge is 0.228 e. The maximum absolute atomic E-state index is 12.5. The normalized spacial score (nSPS) is 18.5. The molecule has 1 N–H and O–H groups in total. The van der Waals surface area contributed by atoms with Gasteiger partial charge in [0.05, 0.1) is 11.8 Å². The summed E-state index contributed by atoms with van der Waals surface area (Å²) in [7, 11) is 1.78. The summed E-state index contributed by atoms with van der Waals surface area (Å²) >= 11 is 6.08. The number of hydrogen-bond donors (Lipinski definition) is 1. The van der Waals surface area contributed by atoms with E-state index in [1.807, 2.05) is 49.4 Å². The fourth-order valence-electron chi connectivity index (χ4n) is 2.88. The van der Waals surface area contributed by atoms with E-state index >= 15 is 0 Å². The number of nitrogens with one attached hydrogen (secondary N) is 1. The van der Waals surface area contributed by atoms with Gasteiger partial charge in [0.1, 0.15) is 0 Å². The first-order valence-corrected chi connectivity index (χ1v) is 8.69. The molecule has 0 saturated heterocycles. The number of halogens is 1. The van der Waals surface area contributed by atoms with Crippen LogP contribution >= 0.6 is 11.6 Å². The largest absolute Gasteiger partial charge is 0.341 e. The van der Waals surface area contributed by atoms with E-state index in [1.165, 1.54) is 0 Å². The minimum atomic E-state index is -0.259. The summed E-state index contributed by atoms with van der Waals surface area (Å²) in [5.74, 6) is -0.585. The third kappa shape index (κ3) is 4.20. The van der Waals surface area contributed by atoms with Crippen LogP contribution in [0, 0.1) is 18.8 Å². The highest BCUT2D eigenvalue weighted by Crippen LogP contribution is 2.41. The Morgan fingerprint density at radius 2 is 1.88 bits per heavy atom. The second-order valence-corrected chi connectivity index (χ2v) is 6.99. The average Bonchev–Trinajstić information content (AvgIpc) is 3.39. The molecule has 2 amide bonds. The number of amides is 2. The molecule has 0 aliphatic heterocycles. The van der Waals surface area contributed by atoms with Crippen molar-refractivity contribution in [2.24, 2.45) is 11.8 Å². The first kappa shape index (κ1) is 17.5. The number of carbonyl (C=O) groups excluding carboxylic acids is 2. The lowest BCUT2D eigenvalue weighted by Gasteiger charge is -2.17. The van der Waals surface area contributed by atoms with E-state index in [0.717, 1.165) is 11.1 Å². The molecule has 2 unspecified atom stereocenters. The molecular weight excluding hydrogens is 336 g/mol. The highest BCUT2D eigenvalue weighted by molar-refractivity contribution is 6.31. The Hall–Kier alpha value is -2.33. The minimum Gasteiger partial charge on any atom is -0.341 e. The summed E-state index contributed by atoms with van der Waals surface area (Å²) in [5.41, 5.74) is 2.70. The van der Waals surface area contributed by atoms with Crippen LogP contribution in [0.25, 0.3) is 0 Å². The SMILES string of the molecule is Cc1ccc(NC(=O)C2CC2C(=O)N(C)Cc2ccccc2)cc1Cl. The molecule has 2 aromatic rings. The quantitative estimate of drug-likeness (QED) is 0.883. The Labute approximate surface area is 152 Å². The topological polar surface area (TPSA) is 49.4 Å². The Bertz CT molecular complexity index is 792. The van der Waals surface area contributed by atoms with Gasteiger partial charge >= 0.3 is 0 Å². The molecule has 5 heteroatoms. The second kappa shape index (κ2) is 7.28. The molecule has 1 saturated carbocycles. The Morgan fingerprint density at radius 1 is 1.16 bits per heavy atom. The average molecular weight is 357 g/mol. The van der Waals surface area contributed by atoms with Gasteiger partial charge < -0.3 is 10.2 Å². The van der Waals surface area contributed by atoms with Crippen molar-refractivity contribution in [1.82, 2.24) is 4.90 Å². The lowest BCUT2D eigenvalue weighted by atomic mass is 10.2. The summed E-state index contributed by atoms with van der Waals surface area (Å²) in [4.78, 5) is 26.5. The van der Waals surface area contributed by atoms with Crippen molar-refractivity contribution in [1.29, 1.82) is 0 Å². The van der Waals surface area contributed by atoms with Crippen LogP contribution in [0.1, 0.15) is 17.5 Å². The maximum atomic E-state index is 12.5. The van der Waals surface area contributed by atoms with Crippen molar-refractivity contribution in [2.45, 2.75) is 19.9 Å². The van der Waals surface area contributed by atoms with E-state index in [1.54, 1.807) is 18.0 Å². The van der Waals surface area contributed by atoms with Crippen LogP contribution in [0.15, 0.2) is 48.5 Å². The molecule has 1 aliphatic rings. The number of hydrogen-bond acceptors (Lipinski definition) is 2. The van der Waals surface area contributed by atoms with E-state index in [0.29, 0.717) is 23.7 Å². The minimum absolute atomic E-state index is 0.0194. The Balaban J connectivity index is 1.55. The van der Waals surface area contributed by atoms with Crippen molar-refractivity contribution >= 4 is 29.1 Å². The summed E-state index contributed by atoms with van der Waals surface area (Å²) in [6.45, 7) is 2.46. The molecule has 0 bridgehead atoms. The summed E-state index contributed by atoms with van der Waals surface area (Å²) in [6, 6.07) is 15.2. The van der Waals surface area contributed by atoms with Crippen LogP contribution in [-0.4, -0.2) is 23.8 Å². The second-order valence-electron chi connectivity index (χ2n) is 6.58. The molecule has 2 aromatic carbocycles. The summed E-state index contributed by atoms with van der Waals surface area (Å²) in [5, 5.41) is 3.47. The Morgan fingerprint density at radius 3 is 2.56 bits per heavy atom. The highest BCUT2D eigenvalue weighted by Gasteiger charge is 2.49. The molecule has 3 rings (SSSR count). The Kier molecular flexibility index (Phi) is 5.09. The van der Waals surface area contributed by atoms with Gasteiger partial charge in [0.15, 0.2) is 0 Å². The van der Waals surface area contributed by atoms with E-state index in [9.17, 15) is 9.59 Å². The van der Waals surface area contributed by atoms with E-state index in [2.05, 4.69) is 5.32 Å². The van der Waals surface area contributed by atoms with Crippen molar-refractivity contribution < 1.29 is 9.59 Å². The molecule has 1 fully saturated rings. The molecule has 0 aromatic heterocycles. The van der Waals surface area contributed by atoms with Crippen LogP contribution in [0.3, 0.4) is 0 Å². The van der Waals surface area contributed by atoms with E-state index in [-0.39, 0.29) is 23.7 Å². The number of aryl methyl sites for hydroxylation is 1. The van der Waals surface area contributed by atoms with Gasteiger partial charge in [-0.2, -0.15) is 0 Å². The maximum Gasteiger partial charge on any atom is 0.228 e. The lowest BCUT2D eigenvalue weighted by Crippen LogP contribution is -2.29. The molecule has 0 spiro atoms. The van der Waals surface area contributed by atoms with Crippen LogP contribution in [0.2, 0.25) is 5.02 Å². The van der Waals surface area contributed by atoms with Gasteiger partial charge in [0, 0.05) is 24.3 Å². The number of carbonyl (C=O) groups is 2. The zero-order chi connectivity index (χ0) is 18.0. The van der Waals surface area contributed by atoms with Crippen LogP contribution in [0.4, 0.5) is 5.69 Å². The van der Waals surface area contributed by atoms with Gasteiger partial charge in [-0.05, 0) is 36.6 Å². The third-order valence-corrected chi connectivity index (χ3v) is 4.93. The van der Waals surface area contributed by atoms with Gasteiger partial charge in [-0.3, -0.25) is 9.59 Å². The number of rotatable bonds is 5. The standard InChI is InChI=1S/C20H21ClN2O2/c1-13-8-9-15(10-18(13)21)22-19(24)16-11-17(16)20(25)23(2)12-14-6-4-3-5-7-14/h3-10,16-17H,11-12H2,1-2H3,(H,22,24). The fraction of sp³-hybridized carbons (Fsp3) is 0.300. The summed E-state index contributed by atoms with van der Waals surface area (Å²) < 4.78 is 0. The van der Waals surface area contributed by atoms with Gasteiger partial charge in [0.2, 0.25) is 11.8 Å². The van der Waals surface area contributed by atoms with Crippen molar-refractivity contribution in [2.75, 3.05) is 12.4 Å². The van der Waals surface area contributed by atoms with Gasteiger partial charge in [0.25, 0.3) is 0 Å². The zero-order valence-corrected chi connectivity index (χ0v) is 15.1. The molecular formula is C20H21ClN2O2. The molecule has 0 heterocycles. The highest BCUT2D eigenvalue weighted by atomic mass is 35.5. The lowest BCUT2D eigenvalue weighted by molar-refractivity contribution is -0.133. The van der Waals surface area contributed by atoms with E-state index in [4.69, 9.17) is 11.6 Å². The number of benzene rings is 2. The predicted molar refractivity (Wildman–Crippen MR) is 99.3 cm³/mol. The van der Waals surface area contributed by atoms with Crippen LogP contribution in [0.5, 0.6) is 0 Å². The number of nitrogens with zero attached hydrogens (tertiary/aromatic N) is 1. The molecule has 4 nitrogen and oxygen atoms in total. The zero-order valence-electron chi connectivity index (χ0n) is 14.3. The van der Waals surface area contributed by atoms with Crippen molar-refractivity contribution in [3.8, 4) is 0 Å². The molecule has 25 heavy (non-hydrogen) atoms. The predicted octanol–water partition coefficient (Wildman–Crippen LogP) is 3.88. The van der Waals surface area contributed by atoms with E-state index < -0.39 is 0 Å². The monoisotopic (exact) mass is 356 g/mol. The first-order chi connectivity index (χ1) is 12.0. The van der Waals surface area contributed by atoms with Crippen LogP contribution in [-0.2, 0) is 16.1 Å². The molecule has 1 aliphatic carbocycles. The third-order valence-electron chi connectivity index (χ3n) is 4.52. The van der Waals surface area contributed by atoms with Gasteiger partial charge in [-0.1, -0.05) is 48.0 Å².